The number of nitrogens with two attached hydrogens (primary N) is 1. The van der Waals surface area contributed by atoms with Crippen molar-refractivity contribution in [3.8, 4) is 22.8 Å². The van der Waals surface area contributed by atoms with E-state index < -0.39 is 35.5 Å². The predicted octanol–water partition coefficient (Wildman–Crippen LogP) is 3.66. The van der Waals surface area contributed by atoms with Gasteiger partial charge in [-0.15, -0.1) is 0 Å². The Bertz CT molecular complexity index is 1690. The number of amides is 2. The van der Waals surface area contributed by atoms with E-state index in [0.29, 0.717) is 22.4 Å². The number of aromatic nitrogens is 2. The number of aliphatic hydroxyl groups is 1. The average molecular weight is 561 g/mol. The van der Waals surface area contributed by atoms with E-state index in [9.17, 15) is 19.1 Å². The summed E-state index contributed by atoms with van der Waals surface area (Å²) >= 11 is 0. The summed E-state index contributed by atoms with van der Waals surface area (Å²) in [7, 11) is 0. The van der Waals surface area contributed by atoms with Crippen molar-refractivity contribution in [2.75, 3.05) is 13.2 Å². The van der Waals surface area contributed by atoms with Crippen LogP contribution >= 0.6 is 0 Å². The van der Waals surface area contributed by atoms with E-state index in [2.05, 4.69) is 15.3 Å². The standard InChI is InChI=1S/C30H26F2N4O5/c1-29(39,14-35-27(37)18-11-17-3-2-10-34-24(17)22(12-18)41-20-8-9-20)23-13-21-26(40-15-30(21,32)28(33)38)25(36-23)16-4-6-19(31)7-5-16/h2-7,10-13,20,39H,8-9,14-15H2,1H3,(H2,33,38)(H,35,37)/t29-,30?/m0/s1. The second-order valence-electron chi connectivity index (χ2n) is 10.5. The molecule has 1 aliphatic heterocycles. The van der Waals surface area contributed by atoms with Crippen molar-refractivity contribution in [1.29, 1.82) is 0 Å². The highest BCUT2D eigenvalue weighted by Gasteiger charge is 2.49. The Morgan fingerprint density at radius 2 is 1.98 bits per heavy atom. The van der Waals surface area contributed by atoms with Crippen LogP contribution in [0.3, 0.4) is 0 Å². The Morgan fingerprint density at radius 1 is 1.22 bits per heavy atom. The van der Waals surface area contributed by atoms with Gasteiger partial charge in [0.15, 0.2) is 5.75 Å². The molecule has 41 heavy (non-hydrogen) atoms. The summed E-state index contributed by atoms with van der Waals surface area (Å²) in [4.78, 5) is 34.2. The lowest BCUT2D eigenvalue weighted by Crippen LogP contribution is -2.40. The van der Waals surface area contributed by atoms with Crippen molar-refractivity contribution < 1.29 is 33.0 Å². The van der Waals surface area contributed by atoms with E-state index in [0.717, 1.165) is 18.2 Å². The molecule has 4 aromatic rings. The highest BCUT2D eigenvalue weighted by atomic mass is 19.1. The maximum absolute atomic E-state index is 15.7. The second-order valence-corrected chi connectivity index (χ2v) is 10.5. The SMILES string of the molecule is C[C@](O)(CNC(=O)c1cc(OC2CC2)c2ncccc2c1)c1cc2c(c(-c3ccc(F)cc3)n1)OCC2(F)C(N)=O. The molecule has 1 fully saturated rings. The molecule has 2 atom stereocenters. The van der Waals surface area contributed by atoms with Gasteiger partial charge in [0.05, 0.1) is 18.3 Å². The van der Waals surface area contributed by atoms with Crippen LogP contribution in [-0.4, -0.2) is 46.1 Å². The summed E-state index contributed by atoms with van der Waals surface area (Å²) in [5.74, 6) is -1.78. The minimum absolute atomic E-state index is 0.0329. The molecule has 3 heterocycles. The van der Waals surface area contributed by atoms with Gasteiger partial charge < -0.3 is 25.6 Å². The summed E-state index contributed by atoms with van der Waals surface area (Å²) in [6, 6.07) is 13.3. The molecule has 1 unspecified atom stereocenters. The van der Waals surface area contributed by atoms with Gasteiger partial charge in [0, 0.05) is 28.3 Å². The van der Waals surface area contributed by atoms with Gasteiger partial charge >= 0.3 is 0 Å². The van der Waals surface area contributed by atoms with Crippen LogP contribution in [0.1, 0.15) is 41.4 Å². The van der Waals surface area contributed by atoms with Crippen LogP contribution in [0.5, 0.6) is 11.5 Å². The first kappa shape index (κ1) is 26.6. The van der Waals surface area contributed by atoms with Crippen molar-refractivity contribution in [3.63, 3.8) is 0 Å². The van der Waals surface area contributed by atoms with Crippen LogP contribution in [0.2, 0.25) is 0 Å². The van der Waals surface area contributed by atoms with Crippen molar-refractivity contribution in [2.24, 2.45) is 5.73 Å². The fourth-order valence-electron chi connectivity index (χ4n) is 4.70. The third-order valence-corrected chi connectivity index (χ3v) is 7.22. The molecule has 1 aliphatic carbocycles. The molecule has 2 aliphatic rings. The molecular weight excluding hydrogens is 534 g/mol. The fraction of sp³-hybridized carbons (Fsp3) is 0.267. The number of rotatable bonds is 8. The third-order valence-electron chi connectivity index (χ3n) is 7.22. The quantitative estimate of drug-likeness (QED) is 0.299. The number of primary amides is 1. The normalized spacial score (nSPS) is 19.2. The molecule has 0 saturated heterocycles. The summed E-state index contributed by atoms with van der Waals surface area (Å²) in [6.07, 6.45) is 3.61. The second kappa shape index (κ2) is 9.77. The van der Waals surface area contributed by atoms with Gasteiger partial charge in [-0.05, 0) is 68.3 Å². The zero-order chi connectivity index (χ0) is 28.9. The molecule has 210 valence electrons. The molecule has 9 nitrogen and oxygen atoms in total. The first-order chi connectivity index (χ1) is 19.5. The number of halogens is 2. The monoisotopic (exact) mass is 560 g/mol. The van der Waals surface area contributed by atoms with Crippen LogP contribution in [0.15, 0.2) is 60.8 Å². The maximum atomic E-state index is 15.7. The van der Waals surface area contributed by atoms with E-state index in [-0.39, 0.29) is 35.3 Å². The molecule has 4 N–H and O–H groups in total. The summed E-state index contributed by atoms with van der Waals surface area (Å²) in [6.45, 7) is 0.404. The maximum Gasteiger partial charge on any atom is 0.263 e. The highest BCUT2D eigenvalue weighted by molar-refractivity contribution is 6.00. The number of nitrogens with zero attached hydrogens (tertiary/aromatic N) is 2. The molecule has 2 amide bonds. The van der Waals surface area contributed by atoms with Gasteiger partial charge in [0.1, 0.15) is 35.0 Å². The Balaban J connectivity index is 1.32. The Kier molecular flexibility index (Phi) is 6.33. The molecule has 2 aromatic carbocycles. The number of hydrogen-bond donors (Lipinski definition) is 3. The lowest BCUT2D eigenvalue weighted by molar-refractivity contribution is -0.130. The van der Waals surface area contributed by atoms with Gasteiger partial charge in [-0.3, -0.25) is 14.6 Å². The Hall–Kier alpha value is -4.64. The topological polar surface area (TPSA) is 137 Å². The van der Waals surface area contributed by atoms with E-state index in [1.165, 1.54) is 37.3 Å². The number of pyridine rings is 2. The minimum atomic E-state index is -2.67. The van der Waals surface area contributed by atoms with Crippen LogP contribution in [0, 0.1) is 5.82 Å². The molecule has 2 aromatic heterocycles. The zero-order valence-corrected chi connectivity index (χ0v) is 22.0. The molecule has 11 heteroatoms. The van der Waals surface area contributed by atoms with Crippen molar-refractivity contribution in [2.45, 2.75) is 37.1 Å². The van der Waals surface area contributed by atoms with Crippen molar-refractivity contribution >= 4 is 22.7 Å². The van der Waals surface area contributed by atoms with Crippen molar-refractivity contribution in [3.05, 3.63) is 83.4 Å². The van der Waals surface area contributed by atoms with E-state index in [4.69, 9.17) is 15.2 Å². The van der Waals surface area contributed by atoms with E-state index in [1.54, 1.807) is 24.4 Å². The van der Waals surface area contributed by atoms with Gasteiger partial charge in [0.2, 0.25) is 0 Å². The third kappa shape index (κ3) is 4.93. The van der Waals surface area contributed by atoms with Gasteiger partial charge in [-0.2, -0.15) is 0 Å². The number of ether oxygens (including phenoxy) is 2. The van der Waals surface area contributed by atoms with E-state index >= 15 is 4.39 Å². The van der Waals surface area contributed by atoms with Crippen molar-refractivity contribution in [1.82, 2.24) is 15.3 Å². The first-order valence-electron chi connectivity index (χ1n) is 13.0. The lowest BCUT2D eigenvalue weighted by Gasteiger charge is -2.25. The summed E-state index contributed by atoms with van der Waals surface area (Å²) in [5.41, 5.74) is 2.02. The lowest BCUT2D eigenvalue weighted by atomic mass is 9.91. The smallest absolute Gasteiger partial charge is 0.263 e. The highest BCUT2D eigenvalue weighted by Crippen LogP contribution is 2.46. The Morgan fingerprint density at radius 3 is 2.68 bits per heavy atom. The number of nitrogens with one attached hydrogen (secondary N) is 1. The Labute approximate surface area is 233 Å². The first-order valence-corrected chi connectivity index (χ1v) is 13.0. The number of alkyl halides is 1. The van der Waals surface area contributed by atoms with Gasteiger partial charge in [0.25, 0.3) is 17.5 Å². The number of hydrogen-bond acceptors (Lipinski definition) is 7. The summed E-state index contributed by atoms with van der Waals surface area (Å²) in [5, 5.41) is 14.9. The zero-order valence-electron chi connectivity index (χ0n) is 22.0. The average Bonchev–Trinajstić information content (AvgIpc) is 3.71. The molecule has 0 radical (unpaired) electrons. The molecule has 0 bridgehead atoms. The predicted molar refractivity (Wildman–Crippen MR) is 144 cm³/mol. The summed E-state index contributed by atoms with van der Waals surface area (Å²) < 4.78 is 40.8. The largest absolute Gasteiger partial charge is 0.488 e. The number of benzene rings is 2. The van der Waals surface area contributed by atoms with Crippen LogP contribution < -0.4 is 20.5 Å². The molecule has 6 rings (SSSR count). The molecule has 0 spiro atoms. The number of carbonyl (C=O) groups is 2. The minimum Gasteiger partial charge on any atom is -0.488 e. The number of carbonyl (C=O) groups excluding carboxylic acids is 2. The molecular formula is C30H26F2N4O5. The fourth-order valence-corrected chi connectivity index (χ4v) is 4.70. The van der Waals surface area contributed by atoms with Gasteiger partial charge in [-0.1, -0.05) is 6.07 Å². The molecule has 1 saturated carbocycles. The van der Waals surface area contributed by atoms with E-state index in [1.807, 2.05) is 6.07 Å². The van der Waals surface area contributed by atoms with Crippen LogP contribution in [-0.2, 0) is 16.1 Å². The number of fused-ring (bicyclic) bond motifs is 2. The van der Waals surface area contributed by atoms with Gasteiger partial charge in [-0.25, -0.2) is 13.8 Å². The van der Waals surface area contributed by atoms with Crippen LogP contribution in [0.25, 0.3) is 22.2 Å². The van der Waals surface area contributed by atoms with Crippen LogP contribution in [0.4, 0.5) is 8.78 Å².